The van der Waals surface area contributed by atoms with Crippen molar-refractivity contribution < 1.29 is 9.18 Å². The van der Waals surface area contributed by atoms with Crippen molar-refractivity contribution in [2.24, 2.45) is 0 Å². The van der Waals surface area contributed by atoms with Crippen molar-refractivity contribution in [3.05, 3.63) is 40.9 Å². The number of nitrogens with one attached hydrogen (secondary N) is 1. The first-order chi connectivity index (χ1) is 11.0. The van der Waals surface area contributed by atoms with Crippen LogP contribution in [-0.4, -0.2) is 25.7 Å². The van der Waals surface area contributed by atoms with Crippen LogP contribution in [0.3, 0.4) is 0 Å². The maximum Gasteiger partial charge on any atom is 0.234 e. The molecule has 1 N–H and O–H groups in total. The van der Waals surface area contributed by atoms with Gasteiger partial charge in [0.1, 0.15) is 10.8 Å². The quantitative estimate of drug-likeness (QED) is 0.779. The van der Waals surface area contributed by atoms with Gasteiger partial charge >= 0.3 is 0 Å². The second-order valence-electron chi connectivity index (χ2n) is 5.46. The normalized spacial score (nSPS) is 11.3. The van der Waals surface area contributed by atoms with Crippen LogP contribution in [0.5, 0.6) is 0 Å². The van der Waals surface area contributed by atoms with Crippen molar-refractivity contribution in [3.63, 3.8) is 0 Å². The van der Waals surface area contributed by atoms with E-state index in [1.54, 1.807) is 16.6 Å². The average Bonchev–Trinajstić information content (AvgIpc) is 3.04. The van der Waals surface area contributed by atoms with Crippen molar-refractivity contribution in [1.82, 2.24) is 19.8 Å². The zero-order chi connectivity index (χ0) is 16.4. The van der Waals surface area contributed by atoms with Crippen molar-refractivity contribution in [1.29, 1.82) is 0 Å². The zero-order valence-corrected chi connectivity index (χ0v) is 13.6. The van der Waals surface area contributed by atoms with Crippen molar-refractivity contribution in [2.75, 3.05) is 5.32 Å². The molecule has 0 radical (unpaired) electrons. The van der Waals surface area contributed by atoms with Crippen LogP contribution >= 0.6 is 11.3 Å². The third-order valence-electron chi connectivity index (χ3n) is 3.25. The van der Waals surface area contributed by atoms with Gasteiger partial charge < -0.3 is 5.32 Å². The highest BCUT2D eigenvalue weighted by molar-refractivity contribution is 7.16. The summed E-state index contributed by atoms with van der Waals surface area (Å²) in [6, 6.07) is 5.83. The van der Waals surface area contributed by atoms with E-state index in [2.05, 4.69) is 20.6 Å². The average molecular weight is 333 g/mol. The van der Waals surface area contributed by atoms with Crippen molar-refractivity contribution in [3.8, 4) is 0 Å². The molecule has 1 amide bonds. The van der Waals surface area contributed by atoms with Crippen LogP contribution in [0.15, 0.2) is 24.3 Å². The van der Waals surface area contributed by atoms with Crippen molar-refractivity contribution >= 4 is 27.9 Å². The van der Waals surface area contributed by atoms with Gasteiger partial charge in [-0.15, -0.1) is 10.2 Å². The number of halogens is 1. The van der Waals surface area contributed by atoms with E-state index in [0.717, 1.165) is 15.8 Å². The Hall–Kier alpha value is -2.35. The Morgan fingerprint density at radius 2 is 2.22 bits per heavy atom. The van der Waals surface area contributed by atoms with Crippen LogP contribution in [0, 0.1) is 5.82 Å². The van der Waals surface area contributed by atoms with Crippen LogP contribution in [0.4, 0.5) is 10.1 Å². The van der Waals surface area contributed by atoms with Gasteiger partial charge in [0, 0.05) is 24.4 Å². The lowest BCUT2D eigenvalue weighted by Crippen LogP contribution is -2.12. The minimum Gasteiger partial charge on any atom is -0.326 e. The third-order valence-corrected chi connectivity index (χ3v) is 4.21. The molecule has 8 heteroatoms. The van der Waals surface area contributed by atoms with E-state index < -0.39 is 0 Å². The number of hydrogen-bond acceptors (Lipinski definition) is 5. The number of nitrogens with zero attached hydrogens (tertiary/aromatic N) is 4. The molecular weight excluding hydrogens is 317 g/mol. The summed E-state index contributed by atoms with van der Waals surface area (Å²) in [6.45, 7) is 4.06. The Kier molecular flexibility index (Phi) is 4.33. The molecule has 2 heterocycles. The lowest BCUT2D eigenvalue weighted by molar-refractivity contribution is -0.116. The van der Waals surface area contributed by atoms with Gasteiger partial charge in [0.05, 0.1) is 0 Å². The second-order valence-corrected chi connectivity index (χ2v) is 6.50. The van der Waals surface area contributed by atoms with E-state index >= 15 is 0 Å². The monoisotopic (exact) mass is 333 g/mol. The molecule has 0 atom stereocenters. The molecule has 120 valence electrons. The van der Waals surface area contributed by atoms with E-state index in [0.29, 0.717) is 12.1 Å². The smallest absolute Gasteiger partial charge is 0.234 e. The lowest BCUT2D eigenvalue weighted by Gasteiger charge is -2.04. The van der Waals surface area contributed by atoms with E-state index in [-0.39, 0.29) is 24.1 Å². The molecule has 0 saturated carbocycles. The summed E-state index contributed by atoms with van der Waals surface area (Å²) >= 11 is 1.42. The van der Waals surface area contributed by atoms with Crippen molar-refractivity contribution in [2.45, 2.75) is 32.6 Å². The van der Waals surface area contributed by atoms with E-state index in [1.165, 1.54) is 23.5 Å². The van der Waals surface area contributed by atoms with Crippen LogP contribution in [-0.2, 0) is 11.2 Å². The summed E-state index contributed by atoms with van der Waals surface area (Å²) in [5.41, 5.74) is 0.454. The van der Waals surface area contributed by atoms with Gasteiger partial charge in [0.2, 0.25) is 10.9 Å². The van der Waals surface area contributed by atoms with Gasteiger partial charge in [-0.05, 0) is 18.2 Å². The SMILES string of the molecule is CC(C)c1nnc2sc(CCC(=O)Nc3cccc(F)c3)nn12. The number of carbonyl (C=O) groups is 1. The number of fused-ring (bicyclic) bond motifs is 1. The van der Waals surface area contributed by atoms with E-state index in [1.807, 2.05) is 13.8 Å². The minimum atomic E-state index is -0.377. The summed E-state index contributed by atoms with van der Waals surface area (Å²) < 4.78 is 14.8. The Labute approximate surface area is 136 Å². The summed E-state index contributed by atoms with van der Waals surface area (Å²) in [6.07, 6.45) is 0.782. The molecule has 6 nitrogen and oxygen atoms in total. The number of aromatic nitrogens is 4. The first kappa shape index (κ1) is 15.5. The van der Waals surface area contributed by atoms with E-state index in [9.17, 15) is 9.18 Å². The first-order valence-corrected chi connectivity index (χ1v) is 8.11. The number of hydrogen-bond donors (Lipinski definition) is 1. The Bertz CT molecular complexity index is 841. The van der Waals surface area contributed by atoms with E-state index in [4.69, 9.17) is 0 Å². The molecule has 0 aliphatic rings. The highest BCUT2D eigenvalue weighted by atomic mass is 32.1. The standard InChI is InChI=1S/C15H16FN5OS/c1-9(2)14-18-19-15-21(14)20-13(23-15)7-6-12(22)17-11-5-3-4-10(16)8-11/h3-5,8-9H,6-7H2,1-2H3,(H,17,22). The molecule has 0 saturated heterocycles. The summed E-state index contributed by atoms with van der Waals surface area (Å²) in [5, 5.41) is 16.1. The van der Waals surface area contributed by atoms with Gasteiger partial charge in [0.25, 0.3) is 0 Å². The number of rotatable bonds is 5. The maximum atomic E-state index is 13.1. The molecule has 3 rings (SSSR count). The van der Waals surface area contributed by atoms with Gasteiger partial charge in [-0.1, -0.05) is 31.3 Å². The fourth-order valence-electron chi connectivity index (χ4n) is 2.14. The third kappa shape index (κ3) is 3.53. The molecule has 0 bridgehead atoms. The number of amides is 1. The highest BCUT2D eigenvalue weighted by Crippen LogP contribution is 2.19. The number of benzene rings is 1. The van der Waals surface area contributed by atoms with Gasteiger partial charge in [-0.2, -0.15) is 9.61 Å². The Balaban J connectivity index is 1.62. The number of carbonyl (C=O) groups excluding carboxylic acids is 1. The predicted octanol–water partition coefficient (Wildman–Crippen LogP) is 3.02. The van der Waals surface area contributed by atoms with Gasteiger partial charge in [-0.3, -0.25) is 4.79 Å². The van der Waals surface area contributed by atoms with Crippen LogP contribution in [0.2, 0.25) is 0 Å². The van der Waals surface area contributed by atoms with Gasteiger partial charge in [0.15, 0.2) is 5.82 Å². The van der Waals surface area contributed by atoms with Gasteiger partial charge in [-0.25, -0.2) is 4.39 Å². The summed E-state index contributed by atoms with van der Waals surface area (Å²) in [5.74, 6) is 0.492. The molecule has 23 heavy (non-hydrogen) atoms. The number of aryl methyl sites for hydroxylation is 1. The lowest BCUT2D eigenvalue weighted by atomic mass is 10.2. The second kappa shape index (κ2) is 6.41. The first-order valence-electron chi connectivity index (χ1n) is 7.29. The molecule has 0 spiro atoms. The Morgan fingerprint density at radius 3 is 2.96 bits per heavy atom. The number of anilines is 1. The topological polar surface area (TPSA) is 72.2 Å². The molecule has 0 unspecified atom stereocenters. The summed E-state index contributed by atoms with van der Waals surface area (Å²) in [4.78, 5) is 12.7. The summed E-state index contributed by atoms with van der Waals surface area (Å²) in [7, 11) is 0. The highest BCUT2D eigenvalue weighted by Gasteiger charge is 2.14. The maximum absolute atomic E-state index is 13.1. The molecule has 0 fully saturated rings. The van der Waals surface area contributed by atoms with Crippen LogP contribution in [0.25, 0.3) is 4.96 Å². The molecule has 1 aromatic carbocycles. The van der Waals surface area contributed by atoms with Crippen LogP contribution in [0.1, 0.15) is 37.0 Å². The van der Waals surface area contributed by atoms with Crippen LogP contribution < -0.4 is 5.32 Å². The zero-order valence-electron chi connectivity index (χ0n) is 12.8. The molecule has 3 aromatic rings. The fourth-order valence-corrected chi connectivity index (χ4v) is 2.98. The molecule has 0 aliphatic heterocycles. The molecule has 2 aromatic heterocycles. The Morgan fingerprint density at radius 1 is 1.39 bits per heavy atom. The largest absolute Gasteiger partial charge is 0.326 e. The minimum absolute atomic E-state index is 0.175. The fraction of sp³-hybridized carbons (Fsp3) is 0.333. The molecular formula is C15H16FN5OS. The molecule has 0 aliphatic carbocycles. The predicted molar refractivity (Wildman–Crippen MR) is 86.1 cm³/mol.